The van der Waals surface area contributed by atoms with Gasteiger partial charge in [0.2, 0.25) is 23.6 Å². The lowest BCUT2D eigenvalue weighted by Gasteiger charge is -2.42. The second kappa shape index (κ2) is 30.6. The molecule has 10 amide bonds. The number of benzene rings is 2. The number of amides is 10. The molecule has 2 aromatic rings. The van der Waals surface area contributed by atoms with E-state index in [1.54, 1.807) is 52.0 Å². The number of imide groups is 1. The average Bonchev–Trinajstić information content (AvgIpc) is 2.09. The first kappa shape index (κ1) is 70.2. The molecule has 0 aromatic heterocycles. The van der Waals surface area contributed by atoms with Crippen molar-refractivity contribution in [3.05, 3.63) is 75.3 Å². The number of hydrogen-bond donors (Lipinski definition) is 7. The molecule has 0 saturated carbocycles. The minimum atomic E-state index is -1.93. The third-order valence-corrected chi connectivity index (χ3v) is 16.7. The molecule has 29 heteroatoms. The fourth-order valence-corrected chi connectivity index (χ4v) is 11.1. The number of carbonyl (C=O) groups excluding carboxylic acids is 11. The fraction of sp³-hybridized carbons (Fsp3) is 0.550. The molecule has 486 valence electrons. The van der Waals surface area contributed by atoms with Crippen LogP contribution in [-0.4, -0.2) is 169 Å². The van der Waals surface area contributed by atoms with Gasteiger partial charge in [-0.1, -0.05) is 67.8 Å². The van der Waals surface area contributed by atoms with Gasteiger partial charge in [0.25, 0.3) is 17.7 Å². The Morgan fingerprint density at radius 2 is 1.63 bits per heavy atom. The maximum absolute atomic E-state index is 14.5. The Balaban J connectivity index is 1.15. The highest BCUT2D eigenvalue weighted by molar-refractivity contribution is 6.35. The van der Waals surface area contributed by atoms with E-state index in [2.05, 4.69) is 26.6 Å². The summed E-state index contributed by atoms with van der Waals surface area (Å²) in [5.41, 5.74) is 3.77. The van der Waals surface area contributed by atoms with Crippen molar-refractivity contribution >= 4 is 100.0 Å². The van der Waals surface area contributed by atoms with Crippen LogP contribution in [0.3, 0.4) is 0 Å². The number of primary amides is 1. The number of fused-ring (bicyclic) bond motifs is 5. The number of nitrogens with zero attached hydrogens (tertiary/aromatic N) is 3. The zero-order valence-corrected chi connectivity index (χ0v) is 52.9. The highest BCUT2D eigenvalue weighted by atomic mass is 35.5. The summed E-state index contributed by atoms with van der Waals surface area (Å²) in [5, 5.41) is 25.3. The van der Waals surface area contributed by atoms with Crippen LogP contribution in [0.1, 0.15) is 122 Å². The van der Waals surface area contributed by atoms with Crippen LogP contribution in [-0.2, 0) is 68.6 Å². The van der Waals surface area contributed by atoms with Crippen LogP contribution in [0, 0.1) is 11.8 Å². The van der Waals surface area contributed by atoms with E-state index in [4.69, 9.17) is 57.5 Å². The molecule has 0 aliphatic carbocycles. The third-order valence-electron chi connectivity index (χ3n) is 16.0. The molecule has 3 fully saturated rings. The van der Waals surface area contributed by atoms with Crippen LogP contribution in [0.25, 0.3) is 0 Å². The van der Waals surface area contributed by atoms with Crippen molar-refractivity contribution in [3.8, 4) is 5.75 Å². The quantitative estimate of drug-likeness (QED) is 0.0365. The Bertz CT molecular complexity index is 3110. The molecule has 27 nitrogen and oxygen atoms in total. The molecule has 4 aliphatic heterocycles. The van der Waals surface area contributed by atoms with Crippen LogP contribution in [0.4, 0.5) is 21.0 Å². The van der Waals surface area contributed by atoms with Gasteiger partial charge in [0.15, 0.2) is 5.72 Å². The normalized spacial score (nSPS) is 24.7. The standard InChI is InChI=1S/C60H79Cl2N9O18/c1-31(2)51(67-45(72)18-11-12-19-49(76)89-71-46(73)22-23-47(71)74)54(78)66-39(16-14-24-64-57(63)81)53(77)65-36-20-21-37(38(61)28-36)55(79)69(7)34(5)56(80)87-44-29-48(75)70(8)40-26-35(27-41(84-9)50(40)62)25-32(3)15-13-17-43(85-10)60(83)30-42(86-58(82)68-60)33(4)52-59(44,6)88-52/h13,15,17,20-21,26-28,31,33-34,39,42-44,51-52,83H,11-12,14,16,18-19,22-25,29-30H2,1-10H3,(H,65,77)(H,66,78)(H,67,72)(H,68,82)(H3,63,64,81)/b17-13+,32-15+/t33-,34+,39+,42+,43-,44+,51+,52+,59+,60+/m1/s1. The van der Waals surface area contributed by atoms with Crippen molar-refractivity contribution in [3.63, 3.8) is 0 Å². The molecule has 0 spiro atoms. The third kappa shape index (κ3) is 17.9. The van der Waals surface area contributed by atoms with Crippen LogP contribution >= 0.6 is 23.2 Å². The first-order valence-electron chi connectivity index (χ1n) is 29.1. The van der Waals surface area contributed by atoms with Gasteiger partial charge in [-0.15, -0.1) is 5.06 Å². The minimum Gasteiger partial charge on any atom is -0.495 e. The number of ether oxygens (including phenoxy) is 5. The van der Waals surface area contributed by atoms with Crippen molar-refractivity contribution < 1.29 is 86.4 Å². The van der Waals surface area contributed by atoms with E-state index in [9.17, 15) is 57.8 Å². The summed E-state index contributed by atoms with van der Waals surface area (Å²) in [6.07, 6.45) is -0.114. The SMILES string of the molecule is COc1cc2cc(c1Cl)N(C)C(=O)C[C@H](OC(=O)[C@H](C)N(C)C(=O)c1ccc(NC(=O)[C@H](CCCNC(N)=O)NC(=O)[C@@H](NC(=O)CCCCC(=O)ON3C(=O)CCC3=O)C(C)C)cc1Cl)[C@]1(C)O[C@H]1[C@H](C)[C@@H]1C[C@@](O)(NC(=O)O1)[C@H](OC)/C=C/C=C(\C)C2. The Labute approximate surface area is 525 Å². The lowest BCUT2D eigenvalue weighted by Crippen LogP contribution is -2.63. The summed E-state index contributed by atoms with van der Waals surface area (Å²) in [6.45, 7) is 10.0. The topological polar surface area (TPSA) is 363 Å². The predicted molar refractivity (Wildman–Crippen MR) is 322 cm³/mol. The molecule has 89 heavy (non-hydrogen) atoms. The summed E-state index contributed by atoms with van der Waals surface area (Å²) < 4.78 is 29.5. The number of hydroxylamine groups is 2. The highest BCUT2D eigenvalue weighted by Crippen LogP contribution is 2.49. The van der Waals surface area contributed by atoms with Gasteiger partial charge in [-0.2, -0.15) is 0 Å². The van der Waals surface area contributed by atoms with E-state index in [0.717, 1.165) is 16.0 Å². The molecule has 8 N–H and O–H groups in total. The number of halogens is 2. The number of methoxy groups -OCH3 is 2. The summed E-state index contributed by atoms with van der Waals surface area (Å²) in [5.74, 6) is -7.17. The number of aliphatic hydroxyl groups is 1. The zero-order chi connectivity index (χ0) is 65.8. The van der Waals surface area contributed by atoms with Crippen molar-refractivity contribution in [2.24, 2.45) is 17.6 Å². The molecule has 4 heterocycles. The van der Waals surface area contributed by atoms with E-state index < -0.39 is 138 Å². The van der Waals surface area contributed by atoms with Gasteiger partial charge in [0, 0.05) is 71.5 Å². The number of nitrogens with one attached hydrogen (secondary N) is 5. The summed E-state index contributed by atoms with van der Waals surface area (Å²) in [4.78, 5) is 151. The summed E-state index contributed by atoms with van der Waals surface area (Å²) in [7, 11) is 5.67. The van der Waals surface area contributed by atoms with E-state index >= 15 is 0 Å². The van der Waals surface area contributed by atoms with Gasteiger partial charge in [-0.05, 0) is 94.7 Å². The first-order chi connectivity index (χ1) is 41.9. The molecular formula is C60H79Cl2N9O18. The average molecular weight is 1290 g/mol. The minimum absolute atomic E-state index is 0.0262. The van der Waals surface area contributed by atoms with Crippen LogP contribution in [0.5, 0.6) is 5.75 Å². The maximum Gasteiger partial charge on any atom is 0.409 e. The van der Waals surface area contributed by atoms with E-state index in [1.807, 2.05) is 13.0 Å². The largest absolute Gasteiger partial charge is 0.495 e. The fourth-order valence-electron chi connectivity index (χ4n) is 10.6. The molecule has 4 bridgehead atoms. The number of allylic oxidation sites excluding steroid dienone is 3. The number of alkyl carbamates (subject to hydrolysis) is 1. The molecule has 0 radical (unpaired) electrons. The van der Waals surface area contributed by atoms with E-state index in [0.29, 0.717) is 22.9 Å². The number of carbonyl (C=O) groups is 11. The Hall–Kier alpha value is -7.85. The van der Waals surface area contributed by atoms with Crippen molar-refractivity contribution in [1.29, 1.82) is 0 Å². The second-order valence-electron chi connectivity index (χ2n) is 23.0. The number of rotatable bonds is 22. The van der Waals surface area contributed by atoms with Gasteiger partial charge in [-0.3, -0.25) is 38.9 Å². The van der Waals surface area contributed by atoms with E-state index in [1.165, 1.54) is 58.3 Å². The number of anilines is 2. The molecule has 10 atom stereocenters. The number of esters is 1. The second-order valence-corrected chi connectivity index (χ2v) is 23.8. The summed E-state index contributed by atoms with van der Waals surface area (Å²) >= 11 is 13.6. The number of likely N-dealkylation sites (N-methyl/N-ethyl adjacent to an activating group) is 1. The van der Waals surface area contributed by atoms with Crippen molar-refractivity contribution in [2.75, 3.05) is 45.1 Å². The van der Waals surface area contributed by atoms with Gasteiger partial charge in [-0.25, -0.2) is 19.2 Å². The molecule has 4 aliphatic rings. The number of urea groups is 1. The number of nitrogens with two attached hydrogens (primary N) is 1. The number of hydrogen-bond acceptors (Lipinski definition) is 18. The van der Waals surface area contributed by atoms with Gasteiger partial charge < -0.3 is 70.4 Å². The predicted octanol–water partition coefficient (Wildman–Crippen LogP) is 4.66. The highest BCUT2D eigenvalue weighted by Gasteiger charge is 2.64. The Kier molecular flexibility index (Phi) is 24.1. The Morgan fingerprint density at radius 3 is 2.27 bits per heavy atom. The zero-order valence-electron chi connectivity index (χ0n) is 51.4. The first-order valence-corrected chi connectivity index (χ1v) is 29.8. The Morgan fingerprint density at radius 1 is 0.944 bits per heavy atom. The molecule has 6 rings (SSSR count). The van der Waals surface area contributed by atoms with Gasteiger partial charge >= 0.3 is 24.1 Å². The monoisotopic (exact) mass is 1280 g/mol. The lowest BCUT2D eigenvalue weighted by molar-refractivity contribution is -0.197. The van der Waals surface area contributed by atoms with Crippen LogP contribution in [0.2, 0.25) is 10.0 Å². The summed E-state index contributed by atoms with van der Waals surface area (Å²) in [6, 6.07) is 2.88. The van der Waals surface area contributed by atoms with Crippen molar-refractivity contribution in [2.45, 2.75) is 166 Å². The van der Waals surface area contributed by atoms with Crippen molar-refractivity contribution in [1.82, 2.24) is 31.2 Å². The smallest absolute Gasteiger partial charge is 0.409 e. The number of epoxide rings is 1. The molecule has 3 saturated heterocycles. The molecule has 2 aromatic carbocycles. The van der Waals surface area contributed by atoms with Crippen LogP contribution < -0.4 is 42.0 Å². The van der Waals surface area contributed by atoms with Crippen LogP contribution in [0.15, 0.2) is 54.1 Å². The number of unbranched alkanes of at least 4 members (excludes halogenated alkanes) is 1. The molecular weight excluding hydrogens is 1210 g/mol. The van der Waals surface area contributed by atoms with Gasteiger partial charge in [0.1, 0.15) is 52.8 Å². The maximum atomic E-state index is 14.5. The van der Waals surface area contributed by atoms with E-state index in [-0.39, 0.29) is 85.6 Å². The van der Waals surface area contributed by atoms with Gasteiger partial charge in [0.05, 0.1) is 35.9 Å². The molecule has 0 unspecified atom stereocenters. The lowest BCUT2D eigenvalue weighted by atomic mass is 9.83.